The van der Waals surface area contributed by atoms with Crippen LogP contribution in [0, 0.1) is 0 Å². The van der Waals surface area contributed by atoms with E-state index in [2.05, 4.69) is 6.92 Å². The van der Waals surface area contributed by atoms with E-state index in [0.717, 1.165) is 12.8 Å². The zero-order valence-electron chi connectivity index (χ0n) is 4.44. The fourth-order valence-electron chi connectivity index (χ4n) is 0.418. The lowest BCUT2D eigenvalue weighted by Gasteiger charge is -1.95. The first kappa shape index (κ1) is 5.96. The molecule has 1 N–H and O–H groups in total. The molecule has 0 bridgehead atoms. The van der Waals surface area contributed by atoms with Gasteiger partial charge in [0.25, 0.3) is 0 Å². The van der Waals surface area contributed by atoms with Crippen molar-refractivity contribution in [2.45, 2.75) is 32.8 Å². The molecule has 0 aliphatic heterocycles. The molecule has 0 rings (SSSR count). The van der Waals surface area contributed by atoms with E-state index in [4.69, 9.17) is 5.11 Å². The Bertz CT molecular complexity index is 25.1. The van der Waals surface area contributed by atoms with Gasteiger partial charge in [-0.15, -0.1) is 0 Å². The Morgan fingerprint density at radius 2 is 2.17 bits per heavy atom. The van der Waals surface area contributed by atoms with Crippen LogP contribution >= 0.6 is 0 Å². The van der Waals surface area contributed by atoms with Crippen molar-refractivity contribution in [2.75, 3.05) is 0 Å². The van der Waals surface area contributed by atoms with Gasteiger partial charge in [-0.1, -0.05) is 13.3 Å². The van der Waals surface area contributed by atoms with Gasteiger partial charge in [-0.2, -0.15) is 0 Å². The van der Waals surface area contributed by atoms with Gasteiger partial charge in [-0.05, 0) is 13.3 Å². The Balaban J connectivity index is 2.63. The number of rotatable bonds is 2. The third-order valence-corrected chi connectivity index (χ3v) is 0.706. The molecule has 0 amide bonds. The average molecular weight is 88.1 g/mol. The van der Waals surface area contributed by atoms with Crippen molar-refractivity contribution in [3.63, 3.8) is 0 Å². The topological polar surface area (TPSA) is 20.2 Å². The molecular weight excluding hydrogens is 76.1 g/mol. The molecule has 6 heavy (non-hydrogen) atoms. The van der Waals surface area contributed by atoms with E-state index in [1.807, 2.05) is 6.92 Å². The van der Waals surface area contributed by atoms with Gasteiger partial charge >= 0.3 is 0 Å². The molecule has 1 atom stereocenters. The largest absolute Gasteiger partial charge is 0.393 e. The van der Waals surface area contributed by atoms with Gasteiger partial charge in [-0.25, -0.2) is 0 Å². The number of aliphatic hydroxyl groups excluding tert-OH is 1. The van der Waals surface area contributed by atoms with Crippen LogP contribution in [0.25, 0.3) is 0 Å². The lowest BCUT2D eigenvalue weighted by atomic mass is 10.2. The minimum absolute atomic E-state index is 0.102. The molecule has 0 aliphatic rings. The highest BCUT2D eigenvalue weighted by Gasteiger charge is 1.87. The fourth-order valence-corrected chi connectivity index (χ4v) is 0.418. The van der Waals surface area contributed by atoms with Crippen LogP contribution in [0.1, 0.15) is 26.7 Å². The molecule has 0 aromatic rings. The zero-order chi connectivity index (χ0) is 4.99. The Hall–Kier alpha value is -0.0400. The van der Waals surface area contributed by atoms with Crippen LogP contribution in [0.4, 0.5) is 0 Å². The minimum atomic E-state index is -0.102. The van der Waals surface area contributed by atoms with Crippen LogP contribution in [0.3, 0.4) is 0 Å². The monoisotopic (exact) mass is 88.1 g/mol. The second kappa shape index (κ2) is 3.16. The van der Waals surface area contributed by atoms with Crippen LogP contribution in [-0.2, 0) is 0 Å². The van der Waals surface area contributed by atoms with Gasteiger partial charge in [0, 0.05) is 0 Å². The van der Waals surface area contributed by atoms with Crippen LogP contribution in [0.5, 0.6) is 0 Å². The molecule has 0 saturated carbocycles. The van der Waals surface area contributed by atoms with Crippen LogP contribution in [0.15, 0.2) is 0 Å². The van der Waals surface area contributed by atoms with Gasteiger partial charge < -0.3 is 5.11 Å². The highest BCUT2D eigenvalue weighted by Crippen LogP contribution is 1.91. The third kappa shape index (κ3) is 3.96. The van der Waals surface area contributed by atoms with Gasteiger partial charge in [0.05, 0.1) is 6.10 Å². The Morgan fingerprint density at radius 1 is 1.67 bits per heavy atom. The average Bonchev–Trinajstić information content (AvgIpc) is 1.35. The zero-order valence-corrected chi connectivity index (χ0v) is 4.44. The summed E-state index contributed by atoms with van der Waals surface area (Å²) in [4.78, 5) is 0. The maximum atomic E-state index is 8.55. The van der Waals surface area contributed by atoms with Gasteiger partial charge in [0.1, 0.15) is 0 Å². The van der Waals surface area contributed by atoms with E-state index in [0.29, 0.717) is 0 Å². The van der Waals surface area contributed by atoms with Crippen molar-refractivity contribution in [1.82, 2.24) is 0 Å². The summed E-state index contributed by atoms with van der Waals surface area (Å²) in [6.45, 7) is 3.87. The fraction of sp³-hybridized carbons (Fsp3) is 1.00. The molecule has 0 radical (unpaired) electrons. The van der Waals surface area contributed by atoms with E-state index in [1.54, 1.807) is 0 Å². The molecule has 0 spiro atoms. The molecule has 0 heterocycles. The predicted molar refractivity (Wildman–Crippen MR) is 26.6 cm³/mol. The summed E-state index contributed by atoms with van der Waals surface area (Å²) in [6.07, 6.45) is 1.91. The van der Waals surface area contributed by atoms with Crippen LogP contribution in [-0.4, -0.2) is 11.2 Å². The summed E-state index contributed by atoms with van der Waals surface area (Å²) in [5.41, 5.74) is 0. The smallest absolute Gasteiger partial charge is 0.0512 e. The van der Waals surface area contributed by atoms with Crippen molar-refractivity contribution < 1.29 is 5.11 Å². The molecule has 0 fully saturated rings. The lowest BCUT2D eigenvalue weighted by Crippen LogP contribution is -1.95. The maximum absolute atomic E-state index is 8.55. The van der Waals surface area contributed by atoms with Crippen molar-refractivity contribution in [3.8, 4) is 0 Å². The SMILES string of the molecule is CCC[C@@H](C)O. The van der Waals surface area contributed by atoms with Crippen molar-refractivity contribution in [3.05, 3.63) is 0 Å². The first-order valence-corrected chi connectivity index (χ1v) is 2.45. The maximum Gasteiger partial charge on any atom is 0.0512 e. The standard InChI is InChI=1S/C5H12O/c1-3-4-5(2)6/h5-6H,3-4H2,1-2H3/t5-/m1/s1. The normalized spacial score (nSPS) is 14.5. The molecule has 0 aromatic heterocycles. The number of hydrogen-bond donors (Lipinski definition) is 1. The minimum Gasteiger partial charge on any atom is -0.393 e. The molecule has 1 heteroatoms. The molecular formula is C5H12O. The number of hydrogen-bond acceptors (Lipinski definition) is 1. The van der Waals surface area contributed by atoms with E-state index < -0.39 is 0 Å². The quantitative estimate of drug-likeness (QED) is 0.537. The van der Waals surface area contributed by atoms with Crippen molar-refractivity contribution in [2.24, 2.45) is 0 Å². The second-order valence-electron chi connectivity index (χ2n) is 1.64. The molecule has 38 valence electrons. The first-order chi connectivity index (χ1) is 2.77. The summed E-state index contributed by atoms with van der Waals surface area (Å²) in [5, 5.41) is 8.55. The van der Waals surface area contributed by atoms with E-state index >= 15 is 0 Å². The van der Waals surface area contributed by atoms with E-state index in [9.17, 15) is 0 Å². The Morgan fingerprint density at radius 3 is 2.17 bits per heavy atom. The van der Waals surface area contributed by atoms with Crippen molar-refractivity contribution in [1.29, 1.82) is 0 Å². The summed E-state index contributed by atoms with van der Waals surface area (Å²) in [5.74, 6) is 0. The first-order valence-electron chi connectivity index (χ1n) is 2.45. The summed E-state index contributed by atoms with van der Waals surface area (Å²) in [6, 6.07) is 0. The molecule has 0 unspecified atom stereocenters. The highest BCUT2D eigenvalue weighted by molar-refractivity contribution is 4.40. The lowest BCUT2D eigenvalue weighted by molar-refractivity contribution is 0.183. The summed E-state index contributed by atoms with van der Waals surface area (Å²) < 4.78 is 0. The molecule has 0 saturated heterocycles. The third-order valence-electron chi connectivity index (χ3n) is 0.706. The summed E-state index contributed by atoms with van der Waals surface area (Å²) in [7, 11) is 0. The highest BCUT2D eigenvalue weighted by atomic mass is 16.3. The molecule has 0 aliphatic carbocycles. The molecule has 1 nitrogen and oxygen atoms in total. The van der Waals surface area contributed by atoms with Gasteiger partial charge in [-0.3, -0.25) is 0 Å². The van der Waals surface area contributed by atoms with Crippen molar-refractivity contribution >= 4 is 0 Å². The van der Waals surface area contributed by atoms with E-state index in [-0.39, 0.29) is 6.10 Å². The Kier molecular flexibility index (Phi) is 3.14. The summed E-state index contributed by atoms with van der Waals surface area (Å²) >= 11 is 0. The second-order valence-corrected chi connectivity index (χ2v) is 1.64. The van der Waals surface area contributed by atoms with Crippen LogP contribution < -0.4 is 0 Å². The van der Waals surface area contributed by atoms with E-state index in [1.165, 1.54) is 0 Å². The molecule has 0 aromatic carbocycles. The number of aliphatic hydroxyl groups is 1. The van der Waals surface area contributed by atoms with Gasteiger partial charge in [0.2, 0.25) is 0 Å². The van der Waals surface area contributed by atoms with Gasteiger partial charge in [0.15, 0.2) is 0 Å². The Labute approximate surface area is 39.0 Å². The van der Waals surface area contributed by atoms with Crippen LogP contribution in [0.2, 0.25) is 0 Å². The predicted octanol–water partition coefficient (Wildman–Crippen LogP) is 1.17.